The zero-order valence-electron chi connectivity index (χ0n) is 17.6. The number of carbonyl (C=O) groups excluding carboxylic acids is 2. The number of hydrogen-bond donors (Lipinski definition) is 0. The van der Waals surface area contributed by atoms with Crippen LogP contribution in [0.4, 0.5) is 0 Å². The van der Waals surface area contributed by atoms with Gasteiger partial charge in [-0.05, 0) is 44.5 Å². The first-order chi connectivity index (χ1) is 13.8. The fraction of sp³-hybridized carbons (Fsp3) is 0.455. The van der Waals surface area contributed by atoms with Gasteiger partial charge in [-0.25, -0.2) is 0 Å². The van der Waals surface area contributed by atoms with Crippen LogP contribution in [0, 0.1) is 13.8 Å². The Labute approximate surface area is 181 Å². The summed E-state index contributed by atoms with van der Waals surface area (Å²) >= 11 is 3.53. The van der Waals surface area contributed by atoms with Crippen LogP contribution in [0.1, 0.15) is 28.2 Å². The maximum atomic E-state index is 13.3. The highest BCUT2D eigenvalue weighted by Crippen LogP contribution is 2.24. The Morgan fingerprint density at radius 2 is 1.83 bits per heavy atom. The number of halogens is 1. The minimum atomic E-state index is 0.0696. The third kappa shape index (κ3) is 4.90. The summed E-state index contributed by atoms with van der Waals surface area (Å²) in [6.45, 7) is 7.34. The van der Waals surface area contributed by atoms with Crippen molar-refractivity contribution in [1.82, 2.24) is 19.3 Å². The fourth-order valence-electron chi connectivity index (χ4n) is 3.83. The first-order valence-electron chi connectivity index (χ1n) is 9.94. The standard InChI is InChI=1S/C22H29BrN4O2/c1-16-13-20(17(2)27(16)19-8-5-7-18(23)14-19)22(29)26-10-6-9-25(11-12-26)15-21(28)24(3)4/h5,7-8,13-14H,6,9-12,15H2,1-4H3. The van der Waals surface area contributed by atoms with Crippen molar-refractivity contribution in [2.75, 3.05) is 46.8 Å². The number of hydrogen-bond acceptors (Lipinski definition) is 3. The van der Waals surface area contributed by atoms with Crippen molar-refractivity contribution in [2.24, 2.45) is 0 Å². The lowest BCUT2D eigenvalue weighted by molar-refractivity contribution is -0.129. The van der Waals surface area contributed by atoms with Gasteiger partial charge >= 0.3 is 0 Å². The summed E-state index contributed by atoms with van der Waals surface area (Å²) in [5.41, 5.74) is 3.78. The van der Waals surface area contributed by atoms with Gasteiger partial charge in [0.15, 0.2) is 0 Å². The van der Waals surface area contributed by atoms with Gasteiger partial charge in [0.2, 0.25) is 5.91 Å². The molecule has 0 saturated carbocycles. The second kappa shape index (κ2) is 9.13. The number of aryl methyl sites for hydroxylation is 1. The molecule has 6 nitrogen and oxygen atoms in total. The van der Waals surface area contributed by atoms with Crippen molar-refractivity contribution in [3.05, 3.63) is 51.8 Å². The highest BCUT2D eigenvalue weighted by Gasteiger charge is 2.25. The van der Waals surface area contributed by atoms with Crippen molar-refractivity contribution in [3.8, 4) is 5.69 Å². The van der Waals surface area contributed by atoms with Gasteiger partial charge in [-0.1, -0.05) is 22.0 Å². The smallest absolute Gasteiger partial charge is 0.255 e. The largest absolute Gasteiger partial charge is 0.348 e. The van der Waals surface area contributed by atoms with Gasteiger partial charge in [-0.3, -0.25) is 14.5 Å². The van der Waals surface area contributed by atoms with Crippen LogP contribution in [0.25, 0.3) is 5.69 Å². The van der Waals surface area contributed by atoms with Crippen LogP contribution in [-0.2, 0) is 4.79 Å². The van der Waals surface area contributed by atoms with E-state index in [0.717, 1.165) is 46.6 Å². The van der Waals surface area contributed by atoms with E-state index in [-0.39, 0.29) is 11.8 Å². The highest BCUT2D eigenvalue weighted by atomic mass is 79.9. The molecular weight excluding hydrogens is 432 g/mol. The number of aromatic nitrogens is 1. The molecule has 1 aromatic carbocycles. The Morgan fingerprint density at radius 3 is 2.52 bits per heavy atom. The maximum absolute atomic E-state index is 13.3. The Bertz CT molecular complexity index is 906. The van der Waals surface area contributed by atoms with E-state index in [1.165, 1.54) is 0 Å². The summed E-state index contributed by atoms with van der Waals surface area (Å²) in [6, 6.07) is 10.1. The number of likely N-dealkylation sites (N-methyl/N-ethyl adjacent to an activating group) is 1. The number of benzene rings is 1. The van der Waals surface area contributed by atoms with E-state index in [1.807, 2.05) is 43.0 Å². The van der Waals surface area contributed by atoms with Crippen molar-refractivity contribution >= 4 is 27.7 Å². The molecule has 1 aliphatic heterocycles. The molecule has 3 rings (SSSR count). The number of nitrogens with zero attached hydrogens (tertiary/aromatic N) is 4. The first kappa shape index (κ1) is 21.6. The summed E-state index contributed by atoms with van der Waals surface area (Å²) in [5.74, 6) is 0.169. The van der Waals surface area contributed by atoms with E-state index in [1.54, 1.807) is 19.0 Å². The van der Waals surface area contributed by atoms with Gasteiger partial charge in [-0.2, -0.15) is 0 Å². The number of rotatable bonds is 4. The van der Waals surface area contributed by atoms with E-state index >= 15 is 0 Å². The van der Waals surface area contributed by atoms with Gasteiger partial charge in [-0.15, -0.1) is 0 Å². The first-order valence-corrected chi connectivity index (χ1v) is 10.7. The zero-order valence-corrected chi connectivity index (χ0v) is 19.2. The molecule has 29 heavy (non-hydrogen) atoms. The molecule has 1 fully saturated rings. The molecule has 0 N–H and O–H groups in total. The second-order valence-corrected chi connectivity index (χ2v) is 8.73. The van der Waals surface area contributed by atoms with Crippen molar-refractivity contribution in [1.29, 1.82) is 0 Å². The topological polar surface area (TPSA) is 48.8 Å². The second-order valence-electron chi connectivity index (χ2n) is 7.81. The lowest BCUT2D eigenvalue weighted by Gasteiger charge is -2.23. The molecule has 2 amide bonds. The third-order valence-electron chi connectivity index (χ3n) is 5.46. The van der Waals surface area contributed by atoms with Crippen LogP contribution in [0.5, 0.6) is 0 Å². The molecule has 0 spiro atoms. The Hall–Kier alpha value is -2.12. The molecule has 1 aromatic heterocycles. The zero-order chi connectivity index (χ0) is 21.1. The lowest BCUT2D eigenvalue weighted by Crippen LogP contribution is -2.39. The van der Waals surface area contributed by atoms with Crippen molar-refractivity contribution in [2.45, 2.75) is 20.3 Å². The van der Waals surface area contributed by atoms with Crippen LogP contribution in [-0.4, -0.2) is 77.9 Å². The summed E-state index contributed by atoms with van der Waals surface area (Å²) in [6.07, 6.45) is 0.872. The van der Waals surface area contributed by atoms with Gasteiger partial charge in [0.25, 0.3) is 5.91 Å². The molecule has 2 heterocycles. The van der Waals surface area contributed by atoms with E-state index in [4.69, 9.17) is 0 Å². The van der Waals surface area contributed by atoms with Gasteiger partial charge in [0.05, 0.1) is 12.1 Å². The molecule has 0 aliphatic carbocycles. The SMILES string of the molecule is Cc1cc(C(=O)N2CCCN(CC(=O)N(C)C)CC2)c(C)n1-c1cccc(Br)c1. The lowest BCUT2D eigenvalue weighted by atomic mass is 10.2. The average molecular weight is 461 g/mol. The Morgan fingerprint density at radius 1 is 1.07 bits per heavy atom. The quantitative estimate of drug-likeness (QED) is 0.704. The van der Waals surface area contributed by atoms with E-state index in [0.29, 0.717) is 19.6 Å². The maximum Gasteiger partial charge on any atom is 0.255 e. The summed E-state index contributed by atoms with van der Waals surface area (Å²) in [7, 11) is 3.55. The number of carbonyl (C=O) groups is 2. The molecule has 2 aromatic rings. The van der Waals surface area contributed by atoms with Crippen LogP contribution in [0.15, 0.2) is 34.8 Å². The van der Waals surface area contributed by atoms with Crippen molar-refractivity contribution < 1.29 is 9.59 Å². The third-order valence-corrected chi connectivity index (χ3v) is 5.95. The number of amides is 2. The predicted octanol–water partition coefficient (Wildman–Crippen LogP) is 3.09. The Balaban J connectivity index is 1.76. The molecular formula is C22H29BrN4O2. The summed E-state index contributed by atoms with van der Waals surface area (Å²) in [5, 5.41) is 0. The Kier molecular flexibility index (Phi) is 6.80. The molecule has 1 saturated heterocycles. The fourth-order valence-corrected chi connectivity index (χ4v) is 4.21. The highest BCUT2D eigenvalue weighted by molar-refractivity contribution is 9.10. The van der Waals surface area contributed by atoms with Crippen molar-refractivity contribution in [3.63, 3.8) is 0 Å². The van der Waals surface area contributed by atoms with E-state index in [9.17, 15) is 9.59 Å². The van der Waals surface area contributed by atoms with E-state index < -0.39 is 0 Å². The minimum absolute atomic E-state index is 0.0696. The van der Waals surface area contributed by atoms with Crippen LogP contribution in [0.3, 0.4) is 0 Å². The molecule has 0 unspecified atom stereocenters. The molecule has 0 bridgehead atoms. The predicted molar refractivity (Wildman–Crippen MR) is 119 cm³/mol. The monoisotopic (exact) mass is 460 g/mol. The molecule has 0 atom stereocenters. The van der Waals surface area contributed by atoms with E-state index in [2.05, 4.69) is 31.5 Å². The van der Waals surface area contributed by atoms with Crippen LogP contribution in [0.2, 0.25) is 0 Å². The normalized spacial score (nSPS) is 15.3. The van der Waals surface area contributed by atoms with Gasteiger partial charge in [0, 0.05) is 61.8 Å². The van der Waals surface area contributed by atoms with Crippen LogP contribution >= 0.6 is 15.9 Å². The molecule has 156 valence electrons. The minimum Gasteiger partial charge on any atom is -0.348 e. The van der Waals surface area contributed by atoms with Gasteiger partial charge in [0.1, 0.15) is 0 Å². The molecule has 0 radical (unpaired) electrons. The summed E-state index contributed by atoms with van der Waals surface area (Å²) < 4.78 is 3.13. The molecule has 1 aliphatic rings. The van der Waals surface area contributed by atoms with Crippen LogP contribution < -0.4 is 0 Å². The summed E-state index contributed by atoms with van der Waals surface area (Å²) in [4.78, 5) is 31.0. The van der Waals surface area contributed by atoms with Gasteiger partial charge < -0.3 is 14.4 Å². The molecule has 7 heteroatoms. The average Bonchev–Trinajstić information content (AvgIpc) is 2.82.